The minimum absolute atomic E-state index is 0.0283. The number of aliphatic hydroxyl groups is 1. The van der Waals surface area contributed by atoms with E-state index in [0.29, 0.717) is 17.8 Å². The van der Waals surface area contributed by atoms with Gasteiger partial charge in [-0.1, -0.05) is 0 Å². The highest BCUT2D eigenvalue weighted by Gasteiger charge is 2.26. The number of hydrogen-bond donors (Lipinski definition) is 2. The Morgan fingerprint density at radius 2 is 2.00 bits per heavy atom. The molecule has 1 aromatic carbocycles. The number of carbonyl (C=O) groups is 1. The minimum atomic E-state index is -3.32. The van der Waals surface area contributed by atoms with Gasteiger partial charge >= 0.3 is 0 Å². The van der Waals surface area contributed by atoms with E-state index in [-0.39, 0.29) is 18.6 Å². The summed E-state index contributed by atoms with van der Waals surface area (Å²) in [6.45, 7) is 0.618. The SMILES string of the molecule is CS(=O)(=O)Nc1ccc(C(=O)N2CCCCC2CO)cc1. The van der Waals surface area contributed by atoms with Crippen LogP contribution < -0.4 is 4.72 Å². The first kappa shape index (κ1) is 15.8. The van der Waals surface area contributed by atoms with Crippen molar-refractivity contribution in [3.63, 3.8) is 0 Å². The zero-order valence-electron chi connectivity index (χ0n) is 11.9. The van der Waals surface area contributed by atoms with Crippen LogP contribution in [-0.2, 0) is 10.0 Å². The number of benzene rings is 1. The molecule has 0 radical (unpaired) electrons. The van der Waals surface area contributed by atoms with Crippen LogP contribution in [0.1, 0.15) is 29.6 Å². The standard InChI is InChI=1S/C14H20N2O4S/c1-21(19,20)15-12-7-5-11(6-8-12)14(18)16-9-3-2-4-13(16)10-17/h5-8,13,15,17H,2-4,9-10H2,1H3. The Labute approximate surface area is 124 Å². The fourth-order valence-electron chi connectivity index (χ4n) is 2.52. The van der Waals surface area contributed by atoms with Crippen LogP contribution in [0.4, 0.5) is 5.69 Å². The molecule has 0 spiro atoms. The molecule has 0 aliphatic carbocycles. The third-order valence-corrected chi connectivity index (χ3v) is 4.14. The maximum Gasteiger partial charge on any atom is 0.254 e. The lowest BCUT2D eigenvalue weighted by atomic mass is 10.0. The first-order chi connectivity index (χ1) is 9.90. The number of sulfonamides is 1. The molecular weight excluding hydrogens is 292 g/mol. The van der Waals surface area contributed by atoms with E-state index in [4.69, 9.17) is 0 Å². The molecule has 1 aliphatic rings. The van der Waals surface area contributed by atoms with Crippen LogP contribution in [0.5, 0.6) is 0 Å². The maximum atomic E-state index is 12.4. The van der Waals surface area contributed by atoms with Gasteiger partial charge in [0.25, 0.3) is 5.91 Å². The zero-order chi connectivity index (χ0) is 15.5. The summed E-state index contributed by atoms with van der Waals surface area (Å²) in [6, 6.07) is 6.19. The highest BCUT2D eigenvalue weighted by atomic mass is 32.2. The molecule has 1 unspecified atom stereocenters. The van der Waals surface area contributed by atoms with Crippen LogP contribution in [0.3, 0.4) is 0 Å². The number of nitrogens with one attached hydrogen (secondary N) is 1. The number of piperidine rings is 1. The fraction of sp³-hybridized carbons (Fsp3) is 0.500. The van der Waals surface area contributed by atoms with Crippen molar-refractivity contribution in [1.82, 2.24) is 4.90 Å². The average Bonchev–Trinajstić information content (AvgIpc) is 2.45. The first-order valence-corrected chi connectivity index (χ1v) is 8.79. The normalized spacial score (nSPS) is 19.3. The quantitative estimate of drug-likeness (QED) is 0.870. The second-order valence-electron chi connectivity index (χ2n) is 5.28. The van der Waals surface area contributed by atoms with E-state index >= 15 is 0 Å². The predicted molar refractivity (Wildman–Crippen MR) is 80.7 cm³/mol. The van der Waals surface area contributed by atoms with E-state index < -0.39 is 10.0 Å². The molecule has 1 aliphatic heterocycles. The number of nitrogens with zero attached hydrogens (tertiary/aromatic N) is 1. The van der Waals surface area contributed by atoms with Crippen molar-refractivity contribution in [1.29, 1.82) is 0 Å². The monoisotopic (exact) mass is 312 g/mol. The average molecular weight is 312 g/mol. The number of amides is 1. The number of anilines is 1. The molecule has 2 rings (SSSR count). The molecule has 0 aromatic heterocycles. The highest BCUT2D eigenvalue weighted by molar-refractivity contribution is 7.92. The molecule has 6 nitrogen and oxygen atoms in total. The number of hydrogen-bond acceptors (Lipinski definition) is 4. The van der Waals surface area contributed by atoms with Gasteiger partial charge in [0, 0.05) is 17.8 Å². The van der Waals surface area contributed by atoms with Gasteiger partial charge in [-0.3, -0.25) is 9.52 Å². The molecule has 1 atom stereocenters. The second-order valence-corrected chi connectivity index (χ2v) is 7.03. The lowest BCUT2D eigenvalue weighted by Gasteiger charge is -2.34. The summed E-state index contributed by atoms with van der Waals surface area (Å²) in [5.74, 6) is -0.125. The van der Waals surface area contributed by atoms with Crippen molar-refractivity contribution in [2.24, 2.45) is 0 Å². The molecule has 1 heterocycles. The second kappa shape index (κ2) is 6.44. The molecule has 7 heteroatoms. The van der Waals surface area contributed by atoms with Crippen molar-refractivity contribution in [3.8, 4) is 0 Å². The van der Waals surface area contributed by atoms with Gasteiger partial charge in [0.2, 0.25) is 10.0 Å². The van der Waals surface area contributed by atoms with Crippen LogP contribution in [0.2, 0.25) is 0 Å². The van der Waals surface area contributed by atoms with Gasteiger partial charge in [-0.15, -0.1) is 0 Å². The minimum Gasteiger partial charge on any atom is -0.394 e. The van der Waals surface area contributed by atoms with Gasteiger partial charge in [0.05, 0.1) is 18.9 Å². The number of aliphatic hydroxyl groups excluding tert-OH is 1. The molecule has 1 fully saturated rings. The Kier molecular flexibility index (Phi) is 4.84. The topological polar surface area (TPSA) is 86.7 Å². The molecule has 116 valence electrons. The lowest BCUT2D eigenvalue weighted by molar-refractivity contribution is 0.0503. The summed E-state index contributed by atoms with van der Waals surface area (Å²) in [7, 11) is -3.32. The van der Waals surface area contributed by atoms with E-state index in [1.807, 2.05) is 0 Å². The van der Waals surface area contributed by atoms with Gasteiger partial charge in [-0.2, -0.15) is 0 Å². The summed E-state index contributed by atoms with van der Waals surface area (Å²) in [5.41, 5.74) is 0.917. The Morgan fingerprint density at radius 1 is 1.33 bits per heavy atom. The molecule has 0 bridgehead atoms. The van der Waals surface area contributed by atoms with E-state index in [9.17, 15) is 18.3 Å². The van der Waals surface area contributed by atoms with Crippen LogP contribution in [0, 0.1) is 0 Å². The van der Waals surface area contributed by atoms with Crippen molar-refractivity contribution in [3.05, 3.63) is 29.8 Å². The predicted octanol–water partition coefficient (Wildman–Crippen LogP) is 1.05. The van der Waals surface area contributed by atoms with Gasteiger partial charge in [-0.25, -0.2) is 8.42 Å². The Balaban J connectivity index is 2.12. The molecule has 1 aromatic rings. The zero-order valence-corrected chi connectivity index (χ0v) is 12.8. The van der Waals surface area contributed by atoms with Crippen molar-refractivity contribution < 1.29 is 18.3 Å². The Morgan fingerprint density at radius 3 is 2.57 bits per heavy atom. The van der Waals surface area contributed by atoms with Crippen molar-refractivity contribution in [2.75, 3.05) is 24.1 Å². The fourth-order valence-corrected chi connectivity index (χ4v) is 3.08. The number of rotatable bonds is 4. The third-order valence-electron chi connectivity index (χ3n) is 3.53. The summed E-state index contributed by atoms with van der Waals surface area (Å²) in [5, 5.41) is 9.36. The maximum absolute atomic E-state index is 12.4. The summed E-state index contributed by atoms with van der Waals surface area (Å²) in [6.07, 6.45) is 3.85. The van der Waals surface area contributed by atoms with E-state index in [2.05, 4.69) is 4.72 Å². The van der Waals surface area contributed by atoms with Crippen molar-refractivity contribution in [2.45, 2.75) is 25.3 Å². The van der Waals surface area contributed by atoms with Crippen molar-refractivity contribution >= 4 is 21.6 Å². The molecule has 21 heavy (non-hydrogen) atoms. The number of likely N-dealkylation sites (tertiary alicyclic amines) is 1. The highest BCUT2D eigenvalue weighted by Crippen LogP contribution is 2.20. The van der Waals surface area contributed by atoms with Crippen LogP contribution in [0.25, 0.3) is 0 Å². The van der Waals surface area contributed by atoms with Gasteiger partial charge in [0.15, 0.2) is 0 Å². The van der Waals surface area contributed by atoms with Gasteiger partial charge in [0.1, 0.15) is 0 Å². The van der Waals surface area contributed by atoms with Gasteiger partial charge < -0.3 is 10.0 Å². The first-order valence-electron chi connectivity index (χ1n) is 6.90. The molecular formula is C14H20N2O4S. The van der Waals surface area contributed by atoms with Gasteiger partial charge in [-0.05, 0) is 43.5 Å². The lowest BCUT2D eigenvalue weighted by Crippen LogP contribution is -2.45. The summed E-state index contributed by atoms with van der Waals surface area (Å²) >= 11 is 0. The third kappa shape index (κ3) is 4.18. The molecule has 1 amide bonds. The molecule has 2 N–H and O–H groups in total. The van der Waals surface area contributed by atoms with Crippen LogP contribution >= 0.6 is 0 Å². The van der Waals surface area contributed by atoms with Crippen LogP contribution in [0.15, 0.2) is 24.3 Å². The van der Waals surface area contributed by atoms with E-state index in [1.165, 1.54) is 0 Å². The largest absolute Gasteiger partial charge is 0.394 e. The molecule has 0 saturated carbocycles. The summed E-state index contributed by atoms with van der Waals surface area (Å²) in [4.78, 5) is 14.1. The smallest absolute Gasteiger partial charge is 0.254 e. The number of carbonyl (C=O) groups excluding carboxylic acids is 1. The van der Waals surface area contributed by atoms with Crippen LogP contribution in [-0.4, -0.2) is 49.8 Å². The summed E-state index contributed by atoms with van der Waals surface area (Å²) < 4.78 is 24.6. The Bertz CT molecular complexity index is 598. The van der Waals surface area contributed by atoms with E-state index in [0.717, 1.165) is 25.5 Å². The van der Waals surface area contributed by atoms with E-state index in [1.54, 1.807) is 29.2 Å². The Hall–Kier alpha value is -1.60. The molecule has 1 saturated heterocycles.